The van der Waals surface area contributed by atoms with E-state index in [-0.39, 0.29) is 5.41 Å². The molecule has 5 heteroatoms. The molecule has 2 N–H and O–H groups in total. The second-order valence-corrected chi connectivity index (χ2v) is 7.84. The van der Waals surface area contributed by atoms with Gasteiger partial charge in [0.2, 0.25) is 5.95 Å². The largest absolute Gasteiger partial charge is 0.497 e. The van der Waals surface area contributed by atoms with E-state index < -0.39 is 0 Å². The molecule has 0 saturated heterocycles. The predicted octanol–water partition coefficient (Wildman–Crippen LogP) is 5.45. The number of aryl methyl sites for hydroxylation is 1. The van der Waals surface area contributed by atoms with Gasteiger partial charge in [-0.3, -0.25) is 0 Å². The third-order valence-electron chi connectivity index (χ3n) is 4.46. The standard InChI is InChI=1S/C23H28N4O/c1-16-14-21(26-20-9-7-6-8-19(20)23(2,3)4)27-22(25-16)24-15-17-10-12-18(28-5)13-11-17/h6-14H,15H2,1-5H3,(H2,24,25,26,27). The molecule has 146 valence electrons. The summed E-state index contributed by atoms with van der Waals surface area (Å²) in [6.45, 7) is 9.24. The molecule has 2 aromatic carbocycles. The number of methoxy groups -OCH3 is 1. The van der Waals surface area contributed by atoms with Crippen molar-refractivity contribution in [2.45, 2.75) is 39.7 Å². The minimum Gasteiger partial charge on any atom is -0.497 e. The Morgan fingerprint density at radius 3 is 2.36 bits per heavy atom. The van der Waals surface area contributed by atoms with E-state index in [0.29, 0.717) is 12.5 Å². The van der Waals surface area contributed by atoms with Gasteiger partial charge in [-0.15, -0.1) is 0 Å². The number of rotatable bonds is 6. The van der Waals surface area contributed by atoms with E-state index in [0.717, 1.165) is 28.5 Å². The fourth-order valence-electron chi connectivity index (χ4n) is 3.02. The van der Waals surface area contributed by atoms with Crippen LogP contribution in [0.25, 0.3) is 0 Å². The molecule has 3 aromatic rings. The summed E-state index contributed by atoms with van der Waals surface area (Å²) in [4.78, 5) is 9.15. The summed E-state index contributed by atoms with van der Waals surface area (Å²) in [5.41, 5.74) is 4.40. The number of aromatic nitrogens is 2. The van der Waals surface area contributed by atoms with E-state index in [1.54, 1.807) is 7.11 Å². The van der Waals surface area contributed by atoms with Crippen LogP contribution in [0.2, 0.25) is 0 Å². The Morgan fingerprint density at radius 2 is 1.68 bits per heavy atom. The number of nitrogens with one attached hydrogen (secondary N) is 2. The van der Waals surface area contributed by atoms with Crippen molar-refractivity contribution in [1.29, 1.82) is 0 Å². The number of anilines is 3. The van der Waals surface area contributed by atoms with Crippen LogP contribution in [0.4, 0.5) is 17.5 Å². The van der Waals surface area contributed by atoms with Crippen LogP contribution in [-0.2, 0) is 12.0 Å². The summed E-state index contributed by atoms with van der Waals surface area (Å²) in [7, 11) is 1.67. The van der Waals surface area contributed by atoms with Crippen molar-refractivity contribution in [3.05, 3.63) is 71.4 Å². The van der Waals surface area contributed by atoms with Gasteiger partial charge in [-0.2, -0.15) is 4.98 Å². The van der Waals surface area contributed by atoms with Crippen molar-refractivity contribution < 1.29 is 4.74 Å². The van der Waals surface area contributed by atoms with Crippen molar-refractivity contribution in [3.8, 4) is 5.75 Å². The van der Waals surface area contributed by atoms with Gasteiger partial charge in [0.15, 0.2) is 0 Å². The number of benzene rings is 2. The van der Waals surface area contributed by atoms with Crippen molar-refractivity contribution in [3.63, 3.8) is 0 Å². The Kier molecular flexibility index (Phi) is 5.83. The molecule has 0 saturated carbocycles. The van der Waals surface area contributed by atoms with Gasteiger partial charge in [0.1, 0.15) is 11.6 Å². The summed E-state index contributed by atoms with van der Waals surface area (Å²) in [5, 5.41) is 6.77. The maximum atomic E-state index is 5.20. The van der Waals surface area contributed by atoms with Crippen LogP contribution >= 0.6 is 0 Å². The summed E-state index contributed by atoms with van der Waals surface area (Å²) >= 11 is 0. The number of para-hydroxylation sites is 1. The van der Waals surface area contributed by atoms with E-state index in [9.17, 15) is 0 Å². The first-order chi connectivity index (χ1) is 13.3. The maximum absolute atomic E-state index is 5.20. The maximum Gasteiger partial charge on any atom is 0.225 e. The van der Waals surface area contributed by atoms with Gasteiger partial charge >= 0.3 is 0 Å². The SMILES string of the molecule is COc1ccc(CNc2nc(C)cc(Nc3ccccc3C(C)(C)C)n2)cc1. The first-order valence-electron chi connectivity index (χ1n) is 9.44. The second-order valence-electron chi connectivity index (χ2n) is 7.84. The van der Waals surface area contributed by atoms with Crippen molar-refractivity contribution >= 4 is 17.5 Å². The van der Waals surface area contributed by atoms with E-state index in [4.69, 9.17) is 4.74 Å². The van der Waals surface area contributed by atoms with E-state index in [1.807, 2.05) is 43.3 Å². The van der Waals surface area contributed by atoms with Gasteiger partial charge in [0, 0.05) is 24.0 Å². The smallest absolute Gasteiger partial charge is 0.225 e. The van der Waals surface area contributed by atoms with Crippen molar-refractivity contribution in [2.75, 3.05) is 17.7 Å². The lowest BCUT2D eigenvalue weighted by Gasteiger charge is -2.23. The molecule has 0 radical (unpaired) electrons. The highest BCUT2D eigenvalue weighted by Crippen LogP contribution is 2.31. The molecule has 1 aromatic heterocycles. The van der Waals surface area contributed by atoms with E-state index >= 15 is 0 Å². The van der Waals surface area contributed by atoms with Crippen LogP contribution in [0.5, 0.6) is 5.75 Å². The zero-order valence-electron chi connectivity index (χ0n) is 17.2. The highest BCUT2D eigenvalue weighted by atomic mass is 16.5. The average Bonchev–Trinajstić information content (AvgIpc) is 2.66. The van der Waals surface area contributed by atoms with Gasteiger partial charge in [0.05, 0.1) is 7.11 Å². The molecular formula is C23H28N4O. The highest BCUT2D eigenvalue weighted by Gasteiger charge is 2.17. The summed E-state index contributed by atoms with van der Waals surface area (Å²) in [6, 6.07) is 18.3. The molecule has 5 nitrogen and oxygen atoms in total. The summed E-state index contributed by atoms with van der Waals surface area (Å²) < 4.78 is 5.20. The van der Waals surface area contributed by atoms with Crippen LogP contribution in [0.15, 0.2) is 54.6 Å². The zero-order chi connectivity index (χ0) is 20.1. The van der Waals surface area contributed by atoms with Gasteiger partial charge in [-0.25, -0.2) is 4.98 Å². The lowest BCUT2D eigenvalue weighted by Crippen LogP contribution is -2.14. The normalized spacial score (nSPS) is 11.2. The molecular weight excluding hydrogens is 348 g/mol. The Labute approximate surface area is 167 Å². The highest BCUT2D eigenvalue weighted by molar-refractivity contribution is 5.63. The molecule has 28 heavy (non-hydrogen) atoms. The van der Waals surface area contributed by atoms with Crippen LogP contribution in [0.3, 0.4) is 0 Å². The fourth-order valence-corrected chi connectivity index (χ4v) is 3.02. The average molecular weight is 377 g/mol. The molecule has 0 aliphatic rings. The second kappa shape index (κ2) is 8.30. The van der Waals surface area contributed by atoms with Gasteiger partial charge < -0.3 is 15.4 Å². The Morgan fingerprint density at radius 1 is 0.964 bits per heavy atom. The third kappa shape index (κ3) is 5.00. The zero-order valence-corrected chi connectivity index (χ0v) is 17.2. The quantitative estimate of drug-likeness (QED) is 0.599. The van der Waals surface area contributed by atoms with E-state index in [1.165, 1.54) is 5.56 Å². The van der Waals surface area contributed by atoms with Crippen LogP contribution in [0.1, 0.15) is 37.6 Å². The van der Waals surface area contributed by atoms with Gasteiger partial charge in [-0.1, -0.05) is 51.1 Å². The minimum absolute atomic E-state index is 0.0428. The van der Waals surface area contributed by atoms with E-state index in [2.05, 4.69) is 59.6 Å². The number of ether oxygens (including phenoxy) is 1. The fraction of sp³-hybridized carbons (Fsp3) is 0.304. The Bertz CT molecular complexity index is 930. The summed E-state index contributed by atoms with van der Waals surface area (Å²) in [6.07, 6.45) is 0. The minimum atomic E-state index is 0.0428. The monoisotopic (exact) mass is 376 g/mol. The van der Waals surface area contributed by atoms with Gasteiger partial charge in [-0.05, 0) is 41.7 Å². The summed E-state index contributed by atoms with van der Waals surface area (Å²) in [5.74, 6) is 2.23. The molecule has 0 amide bonds. The molecule has 0 fully saturated rings. The van der Waals surface area contributed by atoms with Crippen LogP contribution in [0, 0.1) is 6.92 Å². The van der Waals surface area contributed by atoms with Crippen molar-refractivity contribution in [1.82, 2.24) is 9.97 Å². The molecule has 0 spiro atoms. The van der Waals surface area contributed by atoms with Crippen LogP contribution < -0.4 is 15.4 Å². The first kappa shape index (κ1) is 19.7. The molecule has 0 bridgehead atoms. The molecule has 1 heterocycles. The lowest BCUT2D eigenvalue weighted by molar-refractivity contribution is 0.414. The Hall–Kier alpha value is -3.08. The predicted molar refractivity (Wildman–Crippen MR) is 116 cm³/mol. The first-order valence-corrected chi connectivity index (χ1v) is 9.44. The number of hydrogen-bond donors (Lipinski definition) is 2. The molecule has 0 aliphatic heterocycles. The third-order valence-corrected chi connectivity index (χ3v) is 4.46. The Balaban J connectivity index is 1.76. The van der Waals surface area contributed by atoms with Crippen LogP contribution in [-0.4, -0.2) is 17.1 Å². The van der Waals surface area contributed by atoms with Crippen molar-refractivity contribution in [2.24, 2.45) is 0 Å². The van der Waals surface area contributed by atoms with Gasteiger partial charge in [0.25, 0.3) is 0 Å². The molecule has 0 aliphatic carbocycles. The molecule has 3 rings (SSSR count). The lowest BCUT2D eigenvalue weighted by atomic mass is 9.86. The number of hydrogen-bond acceptors (Lipinski definition) is 5. The number of nitrogens with zero attached hydrogens (tertiary/aromatic N) is 2. The molecule has 0 unspecified atom stereocenters. The molecule has 0 atom stereocenters. The topological polar surface area (TPSA) is 59.1 Å².